The van der Waals surface area contributed by atoms with Crippen molar-refractivity contribution in [1.29, 1.82) is 0 Å². The summed E-state index contributed by atoms with van der Waals surface area (Å²) in [5.41, 5.74) is 1.05. The topological polar surface area (TPSA) is 28.2 Å². The standard InChI is InChI=1S/C13H18ClN3S/c1-13(2,17(3)4)8-15-12-16-10-7-9(14)5-6-11(10)18-12/h5-7H,8H2,1-4H3,(H,15,16). The van der Waals surface area contributed by atoms with E-state index < -0.39 is 0 Å². The Morgan fingerprint density at radius 3 is 2.78 bits per heavy atom. The molecule has 0 saturated carbocycles. The summed E-state index contributed by atoms with van der Waals surface area (Å²) in [5, 5.41) is 5.07. The van der Waals surface area contributed by atoms with Gasteiger partial charge in [0.1, 0.15) is 0 Å². The number of nitrogens with one attached hydrogen (secondary N) is 1. The molecule has 3 nitrogen and oxygen atoms in total. The SMILES string of the molecule is CN(C)C(C)(C)CNc1nc2cc(Cl)ccc2s1. The number of benzene rings is 1. The van der Waals surface area contributed by atoms with Crippen LogP contribution in [0.2, 0.25) is 5.02 Å². The molecule has 0 saturated heterocycles. The Balaban J connectivity index is 2.13. The maximum absolute atomic E-state index is 5.96. The molecule has 0 unspecified atom stereocenters. The molecule has 5 heteroatoms. The van der Waals surface area contributed by atoms with Gasteiger partial charge in [0.25, 0.3) is 0 Å². The summed E-state index contributed by atoms with van der Waals surface area (Å²) in [6.45, 7) is 5.25. The molecule has 0 spiro atoms. The number of halogens is 1. The normalized spacial score (nSPS) is 12.3. The molecular formula is C13H18ClN3S. The van der Waals surface area contributed by atoms with Crippen molar-refractivity contribution < 1.29 is 0 Å². The van der Waals surface area contributed by atoms with Gasteiger partial charge in [-0.2, -0.15) is 0 Å². The molecule has 2 rings (SSSR count). The molecule has 1 aromatic carbocycles. The molecule has 1 aromatic heterocycles. The Bertz CT molecular complexity index is 548. The third kappa shape index (κ3) is 2.94. The highest BCUT2D eigenvalue weighted by molar-refractivity contribution is 7.22. The van der Waals surface area contributed by atoms with Crippen LogP contribution in [-0.4, -0.2) is 36.1 Å². The summed E-state index contributed by atoms with van der Waals surface area (Å²) in [4.78, 5) is 6.74. The number of hydrogen-bond acceptors (Lipinski definition) is 4. The van der Waals surface area contributed by atoms with Crippen molar-refractivity contribution in [2.24, 2.45) is 0 Å². The largest absolute Gasteiger partial charge is 0.360 e. The van der Waals surface area contributed by atoms with Crippen molar-refractivity contribution in [3.63, 3.8) is 0 Å². The van der Waals surface area contributed by atoms with E-state index in [1.54, 1.807) is 11.3 Å². The van der Waals surface area contributed by atoms with Gasteiger partial charge in [-0.05, 0) is 46.1 Å². The molecule has 0 fully saturated rings. The van der Waals surface area contributed by atoms with Crippen LogP contribution in [0.1, 0.15) is 13.8 Å². The van der Waals surface area contributed by atoms with Gasteiger partial charge >= 0.3 is 0 Å². The smallest absolute Gasteiger partial charge is 0.183 e. The Morgan fingerprint density at radius 1 is 1.39 bits per heavy atom. The number of likely N-dealkylation sites (N-methyl/N-ethyl adjacent to an activating group) is 1. The molecule has 0 amide bonds. The van der Waals surface area contributed by atoms with Crippen molar-refractivity contribution in [1.82, 2.24) is 9.88 Å². The Labute approximate surface area is 117 Å². The van der Waals surface area contributed by atoms with Crippen LogP contribution in [0.3, 0.4) is 0 Å². The number of hydrogen-bond donors (Lipinski definition) is 1. The highest BCUT2D eigenvalue weighted by atomic mass is 35.5. The van der Waals surface area contributed by atoms with Crippen molar-refractivity contribution in [2.75, 3.05) is 26.0 Å². The first-order valence-corrected chi connectivity index (χ1v) is 7.05. The molecule has 0 aliphatic carbocycles. The minimum Gasteiger partial charge on any atom is -0.360 e. The second-order valence-electron chi connectivity index (χ2n) is 5.19. The highest BCUT2D eigenvalue weighted by Gasteiger charge is 2.20. The van der Waals surface area contributed by atoms with Gasteiger partial charge in [0.15, 0.2) is 5.13 Å². The maximum Gasteiger partial charge on any atom is 0.183 e. The molecule has 0 radical (unpaired) electrons. The summed E-state index contributed by atoms with van der Waals surface area (Å²) in [7, 11) is 4.17. The van der Waals surface area contributed by atoms with Crippen LogP contribution in [0, 0.1) is 0 Å². The van der Waals surface area contributed by atoms with Gasteiger partial charge in [-0.1, -0.05) is 22.9 Å². The van der Waals surface area contributed by atoms with E-state index in [-0.39, 0.29) is 5.54 Å². The summed E-state index contributed by atoms with van der Waals surface area (Å²) in [6, 6.07) is 5.81. The zero-order valence-electron chi connectivity index (χ0n) is 11.1. The summed E-state index contributed by atoms with van der Waals surface area (Å²) in [6.07, 6.45) is 0. The average Bonchev–Trinajstić information content (AvgIpc) is 2.68. The molecule has 1 heterocycles. The first kappa shape index (κ1) is 13.6. The number of aromatic nitrogens is 1. The van der Waals surface area contributed by atoms with E-state index in [9.17, 15) is 0 Å². The lowest BCUT2D eigenvalue weighted by molar-refractivity contribution is 0.210. The zero-order chi connectivity index (χ0) is 13.3. The zero-order valence-corrected chi connectivity index (χ0v) is 12.7. The van der Waals surface area contributed by atoms with Crippen molar-refractivity contribution in [2.45, 2.75) is 19.4 Å². The molecular weight excluding hydrogens is 266 g/mol. The molecule has 98 valence electrons. The van der Waals surface area contributed by atoms with E-state index in [1.807, 2.05) is 18.2 Å². The number of anilines is 1. The first-order valence-electron chi connectivity index (χ1n) is 5.86. The summed E-state index contributed by atoms with van der Waals surface area (Å²) >= 11 is 7.62. The minimum atomic E-state index is 0.0928. The fourth-order valence-electron chi connectivity index (χ4n) is 1.43. The average molecular weight is 284 g/mol. The Hall–Kier alpha value is -0.840. The van der Waals surface area contributed by atoms with Crippen LogP contribution in [-0.2, 0) is 0 Å². The number of nitrogens with zero attached hydrogens (tertiary/aromatic N) is 2. The second kappa shape index (κ2) is 5.03. The van der Waals surface area contributed by atoms with Gasteiger partial charge in [0, 0.05) is 17.1 Å². The van der Waals surface area contributed by atoms with E-state index in [0.717, 1.165) is 26.9 Å². The first-order chi connectivity index (χ1) is 8.38. The van der Waals surface area contributed by atoms with E-state index in [1.165, 1.54) is 0 Å². The minimum absolute atomic E-state index is 0.0928. The lowest BCUT2D eigenvalue weighted by Crippen LogP contribution is -2.44. The molecule has 0 bridgehead atoms. The number of thiazole rings is 1. The summed E-state index contributed by atoms with van der Waals surface area (Å²) < 4.78 is 1.16. The van der Waals surface area contributed by atoms with E-state index in [0.29, 0.717) is 0 Å². The van der Waals surface area contributed by atoms with Crippen LogP contribution in [0.25, 0.3) is 10.2 Å². The van der Waals surface area contributed by atoms with Gasteiger partial charge in [-0.3, -0.25) is 0 Å². The van der Waals surface area contributed by atoms with Gasteiger partial charge in [0.05, 0.1) is 10.2 Å². The molecule has 1 N–H and O–H groups in total. The lowest BCUT2D eigenvalue weighted by Gasteiger charge is -2.32. The van der Waals surface area contributed by atoms with Crippen LogP contribution in [0.5, 0.6) is 0 Å². The Kier molecular flexibility index (Phi) is 3.80. The monoisotopic (exact) mass is 283 g/mol. The van der Waals surface area contributed by atoms with Crippen LogP contribution >= 0.6 is 22.9 Å². The van der Waals surface area contributed by atoms with E-state index in [4.69, 9.17) is 11.6 Å². The fourth-order valence-corrected chi connectivity index (χ4v) is 2.43. The van der Waals surface area contributed by atoms with Crippen LogP contribution < -0.4 is 5.32 Å². The predicted molar refractivity (Wildman–Crippen MR) is 80.9 cm³/mol. The van der Waals surface area contributed by atoms with E-state index in [2.05, 4.69) is 43.1 Å². The van der Waals surface area contributed by atoms with Crippen LogP contribution in [0.15, 0.2) is 18.2 Å². The van der Waals surface area contributed by atoms with Gasteiger partial charge in [-0.15, -0.1) is 0 Å². The molecule has 2 aromatic rings. The molecule has 0 atom stereocenters. The highest BCUT2D eigenvalue weighted by Crippen LogP contribution is 2.28. The number of fused-ring (bicyclic) bond motifs is 1. The maximum atomic E-state index is 5.96. The predicted octanol–water partition coefficient (Wildman–Crippen LogP) is 3.70. The fraction of sp³-hybridized carbons (Fsp3) is 0.462. The van der Waals surface area contributed by atoms with Gasteiger partial charge < -0.3 is 10.2 Å². The van der Waals surface area contributed by atoms with Crippen molar-refractivity contribution >= 4 is 38.3 Å². The lowest BCUT2D eigenvalue weighted by atomic mass is 10.1. The van der Waals surface area contributed by atoms with Crippen LogP contribution in [0.4, 0.5) is 5.13 Å². The third-order valence-electron chi connectivity index (χ3n) is 3.23. The van der Waals surface area contributed by atoms with Gasteiger partial charge in [0.2, 0.25) is 0 Å². The third-order valence-corrected chi connectivity index (χ3v) is 4.46. The van der Waals surface area contributed by atoms with Crippen molar-refractivity contribution in [3.05, 3.63) is 23.2 Å². The number of rotatable bonds is 4. The molecule has 0 aliphatic heterocycles. The Morgan fingerprint density at radius 2 is 2.11 bits per heavy atom. The molecule has 0 aliphatic rings. The quantitative estimate of drug-likeness (QED) is 0.927. The van der Waals surface area contributed by atoms with Crippen molar-refractivity contribution in [3.8, 4) is 0 Å². The second-order valence-corrected chi connectivity index (χ2v) is 6.66. The molecule has 18 heavy (non-hydrogen) atoms. The van der Waals surface area contributed by atoms with Gasteiger partial charge in [-0.25, -0.2) is 4.98 Å². The van der Waals surface area contributed by atoms with E-state index >= 15 is 0 Å². The summed E-state index contributed by atoms with van der Waals surface area (Å²) in [5.74, 6) is 0.